The van der Waals surface area contributed by atoms with E-state index in [-0.39, 0.29) is 0 Å². The zero-order valence-electron chi connectivity index (χ0n) is 21.1. The van der Waals surface area contributed by atoms with Gasteiger partial charge in [0.2, 0.25) is 5.88 Å². The van der Waals surface area contributed by atoms with E-state index in [4.69, 9.17) is 9.26 Å². The number of piperidine rings is 1. The summed E-state index contributed by atoms with van der Waals surface area (Å²) in [6.45, 7) is 8.40. The van der Waals surface area contributed by atoms with Crippen LogP contribution in [0.15, 0.2) is 65.2 Å². The number of benzene rings is 2. The number of ether oxygens (including phenoxy) is 1. The van der Waals surface area contributed by atoms with Crippen molar-refractivity contribution in [3.05, 3.63) is 71.8 Å². The average molecular weight is 478 g/mol. The van der Waals surface area contributed by atoms with Crippen LogP contribution in [-0.4, -0.2) is 53.6 Å². The topological polar surface area (TPSA) is 62.0 Å². The molecule has 0 bridgehead atoms. The third-order valence-electron chi connectivity index (χ3n) is 6.90. The maximum atomic E-state index is 10.9. The molecule has 1 fully saturated rings. The molecule has 2 heterocycles. The van der Waals surface area contributed by atoms with Gasteiger partial charge in [0.15, 0.2) is 0 Å². The van der Waals surface area contributed by atoms with E-state index in [2.05, 4.69) is 40.9 Å². The number of aliphatic hydroxyl groups excluding tert-OH is 1. The lowest BCUT2D eigenvalue weighted by Gasteiger charge is -2.32. The van der Waals surface area contributed by atoms with Crippen LogP contribution in [0.4, 0.5) is 5.88 Å². The quantitative estimate of drug-likeness (QED) is 0.371. The van der Waals surface area contributed by atoms with Crippen molar-refractivity contribution in [3.63, 3.8) is 0 Å². The molecule has 0 aliphatic carbocycles. The van der Waals surface area contributed by atoms with Crippen LogP contribution in [0, 0.1) is 0 Å². The average Bonchev–Trinajstić information content (AvgIpc) is 3.33. The van der Waals surface area contributed by atoms with Gasteiger partial charge in [-0.2, -0.15) is 0 Å². The minimum Gasteiger partial charge on any atom is -0.389 e. The molecule has 6 nitrogen and oxygen atoms in total. The van der Waals surface area contributed by atoms with Crippen molar-refractivity contribution >= 4 is 5.88 Å². The molecule has 1 N–H and O–H groups in total. The largest absolute Gasteiger partial charge is 0.389 e. The van der Waals surface area contributed by atoms with Crippen LogP contribution in [0.1, 0.15) is 50.7 Å². The van der Waals surface area contributed by atoms with E-state index < -0.39 is 6.10 Å². The first-order valence-corrected chi connectivity index (χ1v) is 13.0. The van der Waals surface area contributed by atoms with Crippen LogP contribution < -0.4 is 4.90 Å². The highest BCUT2D eigenvalue weighted by molar-refractivity contribution is 5.68. The molecule has 0 radical (unpaired) electrons. The maximum absolute atomic E-state index is 10.9. The van der Waals surface area contributed by atoms with Gasteiger partial charge in [0.25, 0.3) is 0 Å². The summed E-state index contributed by atoms with van der Waals surface area (Å²) >= 11 is 0. The molecular formula is C29H39N3O3. The van der Waals surface area contributed by atoms with Crippen molar-refractivity contribution in [1.82, 2.24) is 10.1 Å². The second kappa shape index (κ2) is 12.9. The van der Waals surface area contributed by atoms with Gasteiger partial charge in [0, 0.05) is 37.8 Å². The lowest BCUT2D eigenvalue weighted by molar-refractivity contribution is 0.00147. The first kappa shape index (κ1) is 25.4. The van der Waals surface area contributed by atoms with Crippen molar-refractivity contribution < 1.29 is 14.4 Å². The molecule has 0 amide bonds. The van der Waals surface area contributed by atoms with Gasteiger partial charge in [0.1, 0.15) is 5.69 Å². The Balaban J connectivity index is 1.50. The third kappa shape index (κ3) is 6.94. The van der Waals surface area contributed by atoms with E-state index in [1.807, 2.05) is 48.5 Å². The number of nitrogens with zero attached hydrogens (tertiary/aromatic N) is 3. The summed E-state index contributed by atoms with van der Waals surface area (Å²) in [6, 6.07) is 20.6. The third-order valence-corrected chi connectivity index (χ3v) is 6.90. The van der Waals surface area contributed by atoms with Gasteiger partial charge in [-0.3, -0.25) is 4.90 Å². The van der Waals surface area contributed by atoms with Crippen molar-refractivity contribution in [3.8, 4) is 11.3 Å². The van der Waals surface area contributed by atoms with Gasteiger partial charge >= 0.3 is 0 Å². The summed E-state index contributed by atoms with van der Waals surface area (Å²) in [5.74, 6) is 0.881. The van der Waals surface area contributed by atoms with Gasteiger partial charge in [-0.1, -0.05) is 72.7 Å². The van der Waals surface area contributed by atoms with Crippen LogP contribution in [0.5, 0.6) is 0 Å². The summed E-state index contributed by atoms with van der Waals surface area (Å²) < 4.78 is 11.8. The van der Waals surface area contributed by atoms with Crippen LogP contribution in [0.3, 0.4) is 0 Å². The molecular weight excluding hydrogens is 438 g/mol. The Morgan fingerprint density at radius 3 is 2.40 bits per heavy atom. The standard InChI is InChI=1S/C29H39N3O3/c1-3-23(2)32(19-26(33)22-34-21-24-13-7-4-8-14-24)20-27-28(25-15-9-5-10-16-25)30-35-29(27)31-17-11-6-12-18-31/h4-5,7-10,13-16,23,26,33H,3,6,11-12,17-22H2,1-2H3/t23-,26-/m1/s1. The van der Waals surface area contributed by atoms with E-state index in [1.54, 1.807) is 0 Å². The molecule has 1 aromatic heterocycles. The second-order valence-corrected chi connectivity index (χ2v) is 9.57. The van der Waals surface area contributed by atoms with Gasteiger partial charge in [0.05, 0.1) is 24.9 Å². The zero-order valence-corrected chi connectivity index (χ0v) is 21.1. The minimum atomic E-state index is -0.578. The van der Waals surface area contributed by atoms with Crippen molar-refractivity contribution in [2.75, 3.05) is 31.1 Å². The number of aliphatic hydroxyl groups is 1. The molecule has 2 aromatic carbocycles. The first-order valence-electron chi connectivity index (χ1n) is 13.0. The summed E-state index contributed by atoms with van der Waals surface area (Å²) in [5.41, 5.74) is 4.18. The number of hydrogen-bond donors (Lipinski definition) is 1. The molecule has 0 spiro atoms. The van der Waals surface area contributed by atoms with Gasteiger partial charge < -0.3 is 19.3 Å². The Labute approximate surface area is 209 Å². The highest BCUT2D eigenvalue weighted by Crippen LogP contribution is 2.34. The molecule has 1 saturated heterocycles. The Morgan fingerprint density at radius 2 is 1.71 bits per heavy atom. The number of anilines is 1. The molecule has 1 aliphatic heterocycles. The minimum absolute atomic E-state index is 0.298. The Hall–Kier alpha value is -2.67. The second-order valence-electron chi connectivity index (χ2n) is 9.57. The van der Waals surface area contributed by atoms with Crippen LogP contribution in [0.25, 0.3) is 11.3 Å². The van der Waals surface area contributed by atoms with Crippen molar-refractivity contribution in [1.29, 1.82) is 0 Å². The van der Waals surface area contributed by atoms with Crippen LogP contribution in [-0.2, 0) is 17.9 Å². The van der Waals surface area contributed by atoms with E-state index in [9.17, 15) is 5.11 Å². The lowest BCUT2D eigenvalue weighted by Crippen LogP contribution is -2.40. The smallest absolute Gasteiger partial charge is 0.232 e. The Kier molecular flexibility index (Phi) is 9.35. The van der Waals surface area contributed by atoms with Gasteiger partial charge in [-0.15, -0.1) is 0 Å². The molecule has 4 rings (SSSR count). The molecule has 6 heteroatoms. The fourth-order valence-corrected chi connectivity index (χ4v) is 4.68. The van der Waals surface area contributed by atoms with E-state index in [0.29, 0.717) is 32.3 Å². The Bertz CT molecular complexity index is 1000. The summed E-state index contributed by atoms with van der Waals surface area (Å²) in [7, 11) is 0. The first-order chi connectivity index (χ1) is 17.2. The summed E-state index contributed by atoms with van der Waals surface area (Å²) in [4.78, 5) is 4.68. The SMILES string of the molecule is CC[C@@H](C)N(Cc1c(-c2ccccc2)noc1N1CCCCC1)C[C@@H](O)COCc1ccccc1. The fourth-order valence-electron chi connectivity index (χ4n) is 4.68. The van der Waals surface area contributed by atoms with Gasteiger partial charge in [-0.25, -0.2) is 0 Å². The molecule has 35 heavy (non-hydrogen) atoms. The zero-order chi connectivity index (χ0) is 24.5. The van der Waals surface area contributed by atoms with E-state index in [1.165, 1.54) is 19.3 Å². The normalized spacial score (nSPS) is 15.9. The number of rotatable bonds is 12. The predicted molar refractivity (Wildman–Crippen MR) is 140 cm³/mol. The number of hydrogen-bond acceptors (Lipinski definition) is 6. The van der Waals surface area contributed by atoms with E-state index >= 15 is 0 Å². The number of aromatic nitrogens is 1. The van der Waals surface area contributed by atoms with Crippen LogP contribution in [0.2, 0.25) is 0 Å². The molecule has 0 unspecified atom stereocenters. The van der Waals surface area contributed by atoms with Gasteiger partial charge in [-0.05, 0) is 38.2 Å². The summed E-state index contributed by atoms with van der Waals surface area (Å²) in [5, 5.41) is 15.4. The summed E-state index contributed by atoms with van der Waals surface area (Å²) in [6.07, 6.45) is 4.02. The maximum Gasteiger partial charge on any atom is 0.232 e. The van der Waals surface area contributed by atoms with E-state index in [0.717, 1.165) is 47.8 Å². The molecule has 1 aliphatic rings. The van der Waals surface area contributed by atoms with Crippen molar-refractivity contribution in [2.24, 2.45) is 0 Å². The molecule has 0 saturated carbocycles. The monoisotopic (exact) mass is 477 g/mol. The molecule has 3 aromatic rings. The van der Waals surface area contributed by atoms with Crippen molar-refractivity contribution in [2.45, 2.75) is 64.8 Å². The molecule has 188 valence electrons. The predicted octanol–water partition coefficient (Wildman–Crippen LogP) is 5.51. The highest BCUT2D eigenvalue weighted by atomic mass is 16.5. The Morgan fingerprint density at radius 1 is 1.03 bits per heavy atom. The molecule has 2 atom stereocenters. The highest BCUT2D eigenvalue weighted by Gasteiger charge is 2.27. The van der Waals surface area contributed by atoms with Crippen LogP contribution >= 0.6 is 0 Å². The lowest BCUT2D eigenvalue weighted by atomic mass is 10.0. The fraction of sp³-hybridized carbons (Fsp3) is 0.483.